The van der Waals surface area contributed by atoms with Gasteiger partial charge in [0.15, 0.2) is 6.29 Å². The molecular formula is C18H30O3. The van der Waals surface area contributed by atoms with Crippen molar-refractivity contribution in [2.75, 3.05) is 19.8 Å². The van der Waals surface area contributed by atoms with Crippen LogP contribution in [0.2, 0.25) is 0 Å². The predicted molar refractivity (Wildman–Crippen MR) is 85.9 cm³/mol. The molecule has 0 spiro atoms. The van der Waals surface area contributed by atoms with Gasteiger partial charge < -0.3 is 14.6 Å². The van der Waals surface area contributed by atoms with Gasteiger partial charge in [0.25, 0.3) is 0 Å². The van der Waals surface area contributed by atoms with Gasteiger partial charge in [-0.2, -0.15) is 0 Å². The van der Waals surface area contributed by atoms with Crippen molar-refractivity contribution in [1.29, 1.82) is 0 Å². The second-order valence-electron chi connectivity index (χ2n) is 5.46. The van der Waals surface area contributed by atoms with Crippen LogP contribution in [0.4, 0.5) is 0 Å². The minimum absolute atomic E-state index is 0.0546. The Morgan fingerprint density at radius 2 is 1.90 bits per heavy atom. The third-order valence-corrected chi connectivity index (χ3v) is 3.59. The number of unbranched alkanes of at least 4 members (excludes halogenated alkanes) is 6. The van der Waals surface area contributed by atoms with E-state index in [2.05, 4.69) is 17.9 Å². The van der Waals surface area contributed by atoms with E-state index < -0.39 is 0 Å². The number of hydrogen-bond donors (Lipinski definition) is 1. The van der Waals surface area contributed by atoms with Gasteiger partial charge in [0.1, 0.15) is 6.61 Å². The van der Waals surface area contributed by atoms with Crippen molar-refractivity contribution in [2.45, 2.75) is 70.5 Å². The summed E-state index contributed by atoms with van der Waals surface area (Å²) in [6.07, 6.45) is 16.1. The number of ether oxygens (including phenoxy) is 2. The molecule has 21 heavy (non-hydrogen) atoms. The van der Waals surface area contributed by atoms with Crippen molar-refractivity contribution in [3.63, 3.8) is 0 Å². The summed E-state index contributed by atoms with van der Waals surface area (Å²) in [5.74, 6) is 5.38. The molecule has 0 amide bonds. The Morgan fingerprint density at radius 1 is 1.10 bits per heavy atom. The van der Waals surface area contributed by atoms with Crippen molar-refractivity contribution >= 4 is 0 Å². The molecule has 0 aromatic carbocycles. The van der Waals surface area contributed by atoms with Crippen molar-refractivity contribution < 1.29 is 14.6 Å². The van der Waals surface area contributed by atoms with E-state index in [0.29, 0.717) is 0 Å². The average Bonchev–Trinajstić information content (AvgIpc) is 2.53. The molecular weight excluding hydrogens is 264 g/mol. The molecule has 0 aromatic heterocycles. The molecule has 1 rings (SSSR count). The van der Waals surface area contributed by atoms with Crippen LogP contribution in [0.5, 0.6) is 0 Å². The lowest BCUT2D eigenvalue weighted by Gasteiger charge is -2.22. The third-order valence-electron chi connectivity index (χ3n) is 3.59. The molecule has 1 aliphatic heterocycles. The number of hydrogen-bond acceptors (Lipinski definition) is 3. The summed E-state index contributed by atoms with van der Waals surface area (Å²) in [5.41, 5.74) is 0. The van der Waals surface area contributed by atoms with Crippen LogP contribution < -0.4 is 0 Å². The quantitative estimate of drug-likeness (QED) is 0.492. The summed E-state index contributed by atoms with van der Waals surface area (Å²) in [6, 6.07) is 0. The Morgan fingerprint density at radius 3 is 2.67 bits per heavy atom. The molecule has 1 saturated heterocycles. The van der Waals surface area contributed by atoms with Crippen LogP contribution in [0.1, 0.15) is 64.2 Å². The number of rotatable bonds is 10. The van der Waals surface area contributed by atoms with Crippen LogP contribution in [0, 0.1) is 11.8 Å². The van der Waals surface area contributed by atoms with Gasteiger partial charge in [0.2, 0.25) is 0 Å². The van der Waals surface area contributed by atoms with Crippen LogP contribution in [0.3, 0.4) is 0 Å². The molecule has 1 atom stereocenters. The van der Waals surface area contributed by atoms with Gasteiger partial charge in [0, 0.05) is 13.2 Å². The minimum atomic E-state index is -0.0546. The zero-order chi connectivity index (χ0) is 15.0. The van der Waals surface area contributed by atoms with Gasteiger partial charge in [-0.25, -0.2) is 0 Å². The molecule has 1 unspecified atom stereocenters. The third kappa shape index (κ3) is 11.5. The van der Waals surface area contributed by atoms with Gasteiger partial charge >= 0.3 is 0 Å². The van der Waals surface area contributed by atoms with Crippen molar-refractivity contribution in [1.82, 2.24) is 0 Å². The minimum Gasteiger partial charge on any atom is -0.384 e. The van der Waals surface area contributed by atoms with E-state index in [0.717, 1.165) is 32.5 Å². The standard InChI is InChI=1S/C18H30O3/c19-15-11-8-6-4-2-1-3-5-7-9-12-16-20-18-14-10-13-17-21-18/h4,6,18-19H,1-3,5,7,9-10,12-17H2/b6-4-. The average molecular weight is 294 g/mol. The van der Waals surface area contributed by atoms with Gasteiger partial charge in [-0.1, -0.05) is 43.6 Å². The maximum absolute atomic E-state index is 8.48. The Balaban J connectivity index is 1.77. The Kier molecular flexibility index (Phi) is 12.3. The summed E-state index contributed by atoms with van der Waals surface area (Å²) in [6.45, 7) is 1.66. The smallest absolute Gasteiger partial charge is 0.157 e. The second kappa shape index (κ2) is 14.1. The van der Waals surface area contributed by atoms with Gasteiger partial charge in [-0.3, -0.25) is 0 Å². The molecule has 0 radical (unpaired) electrons. The zero-order valence-electron chi connectivity index (χ0n) is 13.2. The Labute approximate surface area is 129 Å². The van der Waals surface area contributed by atoms with E-state index in [1.54, 1.807) is 0 Å². The fourth-order valence-electron chi connectivity index (χ4n) is 2.38. The van der Waals surface area contributed by atoms with Crippen LogP contribution in [0.25, 0.3) is 0 Å². The highest BCUT2D eigenvalue weighted by atomic mass is 16.7. The van der Waals surface area contributed by atoms with Crippen LogP contribution in [-0.2, 0) is 9.47 Å². The van der Waals surface area contributed by atoms with E-state index in [1.165, 1.54) is 44.9 Å². The Bertz CT molecular complexity index is 308. The van der Waals surface area contributed by atoms with E-state index in [1.807, 2.05) is 6.08 Å². The van der Waals surface area contributed by atoms with E-state index in [4.69, 9.17) is 14.6 Å². The molecule has 1 fully saturated rings. The first-order valence-electron chi connectivity index (χ1n) is 8.41. The highest BCUT2D eigenvalue weighted by molar-refractivity contribution is 5.14. The lowest BCUT2D eigenvalue weighted by Crippen LogP contribution is -2.22. The largest absolute Gasteiger partial charge is 0.384 e. The maximum atomic E-state index is 8.48. The summed E-state index contributed by atoms with van der Waals surface area (Å²) < 4.78 is 11.2. The SMILES string of the molecule is OCC#C/C=C\CCCCCCCCOC1CCCCO1. The zero-order valence-corrected chi connectivity index (χ0v) is 13.2. The first-order chi connectivity index (χ1) is 10.4. The second-order valence-corrected chi connectivity index (χ2v) is 5.46. The summed E-state index contributed by atoms with van der Waals surface area (Å²) in [5, 5.41) is 8.48. The summed E-state index contributed by atoms with van der Waals surface area (Å²) >= 11 is 0. The van der Waals surface area contributed by atoms with Crippen LogP contribution in [0.15, 0.2) is 12.2 Å². The first-order valence-corrected chi connectivity index (χ1v) is 8.41. The first kappa shape index (κ1) is 18.2. The number of aliphatic hydroxyl groups excluding tert-OH is 1. The molecule has 1 N–H and O–H groups in total. The van der Waals surface area contributed by atoms with Crippen molar-refractivity contribution in [2.24, 2.45) is 0 Å². The molecule has 3 heteroatoms. The van der Waals surface area contributed by atoms with Crippen LogP contribution >= 0.6 is 0 Å². The lowest BCUT2D eigenvalue weighted by atomic mass is 10.1. The molecule has 0 bridgehead atoms. The predicted octanol–water partition coefficient (Wildman–Crippen LogP) is 3.81. The fraction of sp³-hybridized carbons (Fsp3) is 0.778. The van der Waals surface area contributed by atoms with Gasteiger partial charge in [-0.05, 0) is 44.6 Å². The molecule has 120 valence electrons. The molecule has 0 aliphatic carbocycles. The summed E-state index contributed by atoms with van der Waals surface area (Å²) in [4.78, 5) is 0. The number of allylic oxidation sites excluding steroid dienone is 2. The normalized spacial score (nSPS) is 18.6. The molecule has 3 nitrogen and oxygen atoms in total. The van der Waals surface area contributed by atoms with Crippen molar-refractivity contribution in [3.05, 3.63) is 12.2 Å². The molecule has 1 heterocycles. The molecule has 0 aromatic rings. The Hall–Kier alpha value is -0.820. The number of aliphatic hydroxyl groups is 1. The fourth-order valence-corrected chi connectivity index (χ4v) is 2.38. The highest BCUT2D eigenvalue weighted by Crippen LogP contribution is 2.14. The van der Waals surface area contributed by atoms with Gasteiger partial charge in [0.05, 0.1) is 0 Å². The highest BCUT2D eigenvalue weighted by Gasteiger charge is 2.13. The monoisotopic (exact) mass is 294 g/mol. The van der Waals surface area contributed by atoms with Gasteiger partial charge in [-0.15, -0.1) is 0 Å². The van der Waals surface area contributed by atoms with E-state index in [-0.39, 0.29) is 12.9 Å². The van der Waals surface area contributed by atoms with E-state index >= 15 is 0 Å². The molecule has 1 aliphatic rings. The summed E-state index contributed by atoms with van der Waals surface area (Å²) in [7, 11) is 0. The topological polar surface area (TPSA) is 38.7 Å². The lowest BCUT2D eigenvalue weighted by molar-refractivity contribution is -0.162. The van der Waals surface area contributed by atoms with Crippen LogP contribution in [-0.4, -0.2) is 31.2 Å². The van der Waals surface area contributed by atoms with Crippen molar-refractivity contribution in [3.8, 4) is 11.8 Å². The maximum Gasteiger partial charge on any atom is 0.157 e. The molecule has 0 saturated carbocycles. The van der Waals surface area contributed by atoms with E-state index in [9.17, 15) is 0 Å².